The van der Waals surface area contributed by atoms with Gasteiger partial charge in [-0.1, -0.05) is 43.2 Å². The Morgan fingerprint density at radius 3 is 2.58 bits per heavy atom. The predicted molar refractivity (Wildman–Crippen MR) is 95.3 cm³/mol. The van der Waals surface area contributed by atoms with Crippen LogP contribution in [0.4, 0.5) is 0 Å². The molecule has 1 saturated carbocycles. The van der Waals surface area contributed by atoms with E-state index in [0.29, 0.717) is 12.0 Å². The lowest BCUT2D eigenvalue weighted by Crippen LogP contribution is -2.57. The van der Waals surface area contributed by atoms with Crippen LogP contribution >= 0.6 is 0 Å². The average Bonchev–Trinajstić information content (AvgIpc) is 2.66. The lowest BCUT2D eigenvalue weighted by atomic mass is 9.66. The van der Waals surface area contributed by atoms with Gasteiger partial charge in [-0.15, -0.1) is 0 Å². The first kappa shape index (κ1) is 15.8. The Morgan fingerprint density at radius 1 is 1.04 bits per heavy atom. The van der Waals surface area contributed by atoms with Crippen LogP contribution in [0.1, 0.15) is 43.2 Å². The largest absolute Gasteiger partial charge is 0.385 e. The molecule has 2 aromatic rings. The lowest BCUT2D eigenvalue weighted by molar-refractivity contribution is -0.123. The van der Waals surface area contributed by atoms with Gasteiger partial charge in [-0.25, -0.2) is 0 Å². The quantitative estimate of drug-likeness (QED) is 0.935. The number of pyridine rings is 1. The maximum atomic E-state index is 11.6. The minimum Gasteiger partial charge on any atom is -0.385 e. The van der Waals surface area contributed by atoms with E-state index in [1.54, 1.807) is 0 Å². The Kier molecular flexibility index (Phi) is 4.38. The number of likely N-dealkylation sites (tertiary alicyclic amines) is 1. The molecule has 3 atom stereocenters. The van der Waals surface area contributed by atoms with Crippen LogP contribution in [0.3, 0.4) is 0 Å². The number of hydrogen-bond donors (Lipinski definition) is 1. The predicted octanol–water partition coefficient (Wildman–Crippen LogP) is 3.73. The SMILES string of the molecule is OC1(c2ccccc2)CCN(Cc2ccncc2)C2CCCCC21. The summed E-state index contributed by atoms with van der Waals surface area (Å²) in [7, 11) is 0. The molecule has 1 aromatic heterocycles. The fourth-order valence-corrected chi connectivity index (χ4v) is 4.77. The van der Waals surface area contributed by atoms with Crippen LogP contribution in [0, 0.1) is 5.92 Å². The molecular formula is C21H26N2O. The molecule has 0 amide bonds. The number of aromatic nitrogens is 1. The van der Waals surface area contributed by atoms with Crippen molar-refractivity contribution in [3.8, 4) is 0 Å². The van der Waals surface area contributed by atoms with Crippen LogP contribution in [0.25, 0.3) is 0 Å². The van der Waals surface area contributed by atoms with Crippen molar-refractivity contribution in [2.45, 2.75) is 50.3 Å². The molecule has 3 nitrogen and oxygen atoms in total. The molecule has 2 heterocycles. The second kappa shape index (κ2) is 6.66. The number of rotatable bonds is 3. The summed E-state index contributed by atoms with van der Waals surface area (Å²) in [5.41, 5.74) is 1.76. The molecule has 0 radical (unpaired) electrons. The van der Waals surface area contributed by atoms with Crippen molar-refractivity contribution in [1.29, 1.82) is 0 Å². The summed E-state index contributed by atoms with van der Waals surface area (Å²) < 4.78 is 0. The van der Waals surface area contributed by atoms with Gasteiger partial charge in [-0.05, 0) is 42.5 Å². The topological polar surface area (TPSA) is 36.4 Å². The van der Waals surface area contributed by atoms with E-state index in [0.717, 1.165) is 31.5 Å². The maximum Gasteiger partial charge on any atom is 0.0951 e. The van der Waals surface area contributed by atoms with Crippen molar-refractivity contribution in [3.05, 3.63) is 66.0 Å². The van der Waals surface area contributed by atoms with Crippen LogP contribution in [-0.4, -0.2) is 27.6 Å². The van der Waals surface area contributed by atoms with E-state index in [1.165, 1.54) is 24.8 Å². The van der Waals surface area contributed by atoms with Gasteiger partial charge in [0.25, 0.3) is 0 Å². The molecule has 1 aliphatic heterocycles. The maximum absolute atomic E-state index is 11.6. The first-order valence-corrected chi connectivity index (χ1v) is 9.18. The van der Waals surface area contributed by atoms with Crippen LogP contribution in [0.2, 0.25) is 0 Å². The monoisotopic (exact) mass is 322 g/mol. The molecule has 126 valence electrons. The third kappa shape index (κ3) is 2.87. The minimum absolute atomic E-state index is 0.337. The van der Waals surface area contributed by atoms with Crippen molar-refractivity contribution in [1.82, 2.24) is 9.88 Å². The first-order valence-electron chi connectivity index (χ1n) is 9.18. The van der Waals surface area contributed by atoms with Crippen LogP contribution in [0.15, 0.2) is 54.9 Å². The number of aliphatic hydroxyl groups is 1. The van der Waals surface area contributed by atoms with Gasteiger partial charge in [0.05, 0.1) is 5.60 Å². The smallest absolute Gasteiger partial charge is 0.0951 e. The Labute approximate surface area is 144 Å². The highest BCUT2D eigenvalue weighted by Gasteiger charge is 2.48. The molecule has 3 heteroatoms. The summed E-state index contributed by atoms with van der Waals surface area (Å²) >= 11 is 0. The lowest BCUT2D eigenvalue weighted by Gasteiger charge is -2.52. The number of hydrogen-bond acceptors (Lipinski definition) is 3. The molecule has 3 unspecified atom stereocenters. The van der Waals surface area contributed by atoms with E-state index in [2.05, 4.69) is 46.3 Å². The van der Waals surface area contributed by atoms with Crippen LogP contribution in [0.5, 0.6) is 0 Å². The van der Waals surface area contributed by atoms with Gasteiger partial charge < -0.3 is 5.11 Å². The fraction of sp³-hybridized carbons (Fsp3) is 0.476. The third-order valence-corrected chi connectivity index (χ3v) is 6.00. The van der Waals surface area contributed by atoms with Crippen molar-refractivity contribution >= 4 is 0 Å². The van der Waals surface area contributed by atoms with E-state index in [1.807, 2.05) is 18.5 Å². The summed E-state index contributed by atoms with van der Waals surface area (Å²) in [5, 5.41) is 11.6. The van der Waals surface area contributed by atoms with E-state index < -0.39 is 5.60 Å². The van der Waals surface area contributed by atoms with Gasteiger partial charge >= 0.3 is 0 Å². The van der Waals surface area contributed by atoms with E-state index in [4.69, 9.17) is 0 Å². The molecule has 1 saturated heterocycles. The molecule has 2 aliphatic rings. The summed E-state index contributed by atoms with van der Waals surface area (Å²) in [6.07, 6.45) is 9.41. The average molecular weight is 322 g/mol. The van der Waals surface area contributed by atoms with E-state index in [-0.39, 0.29) is 0 Å². The Morgan fingerprint density at radius 2 is 1.79 bits per heavy atom. The molecule has 24 heavy (non-hydrogen) atoms. The molecular weight excluding hydrogens is 296 g/mol. The van der Waals surface area contributed by atoms with Gasteiger partial charge in [-0.3, -0.25) is 9.88 Å². The third-order valence-electron chi connectivity index (χ3n) is 6.00. The Hall–Kier alpha value is -1.71. The number of piperidine rings is 1. The Bertz CT molecular complexity index is 660. The van der Waals surface area contributed by atoms with Gasteiger partial charge in [0.2, 0.25) is 0 Å². The van der Waals surface area contributed by atoms with Gasteiger partial charge in [-0.2, -0.15) is 0 Å². The Balaban J connectivity index is 1.60. The van der Waals surface area contributed by atoms with Crippen LogP contribution in [-0.2, 0) is 12.1 Å². The second-order valence-electron chi connectivity index (χ2n) is 7.32. The zero-order valence-corrected chi connectivity index (χ0v) is 14.1. The zero-order valence-electron chi connectivity index (χ0n) is 14.1. The highest BCUT2D eigenvalue weighted by molar-refractivity contribution is 5.25. The number of fused-ring (bicyclic) bond motifs is 1. The van der Waals surface area contributed by atoms with Gasteiger partial charge in [0, 0.05) is 37.4 Å². The highest BCUT2D eigenvalue weighted by Crippen LogP contribution is 2.47. The van der Waals surface area contributed by atoms with Crippen molar-refractivity contribution < 1.29 is 5.11 Å². The van der Waals surface area contributed by atoms with E-state index >= 15 is 0 Å². The molecule has 2 fully saturated rings. The van der Waals surface area contributed by atoms with Gasteiger partial charge in [0.15, 0.2) is 0 Å². The molecule has 0 spiro atoms. The van der Waals surface area contributed by atoms with Crippen molar-refractivity contribution in [2.24, 2.45) is 5.92 Å². The minimum atomic E-state index is -0.666. The molecule has 1 N–H and O–H groups in total. The van der Waals surface area contributed by atoms with Gasteiger partial charge in [0.1, 0.15) is 0 Å². The fourth-order valence-electron chi connectivity index (χ4n) is 4.77. The summed E-state index contributed by atoms with van der Waals surface area (Å²) in [6, 6.07) is 15.0. The number of nitrogens with zero attached hydrogens (tertiary/aromatic N) is 2. The van der Waals surface area contributed by atoms with Crippen molar-refractivity contribution in [2.75, 3.05) is 6.54 Å². The summed E-state index contributed by atoms with van der Waals surface area (Å²) in [6.45, 7) is 1.92. The summed E-state index contributed by atoms with van der Waals surface area (Å²) in [4.78, 5) is 6.72. The zero-order chi connectivity index (χ0) is 16.4. The summed E-state index contributed by atoms with van der Waals surface area (Å²) in [5.74, 6) is 0.337. The highest BCUT2D eigenvalue weighted by atomic mass is 16.3. The molecule has 1 aliphatic carbocycles. The normalized spacial score (nSPS) is 30.7. The molecule has 1 aromatic carbocycles. The molecule has 4 rings (SSSR count). The standard InChI is InChI=1S/C21H26N2O/c24-21(18-6-2-1-3-7-18)12-15-23(16-17-10-13-22-14-11-17)20-9-5-4-8-19(20)21/h1-3,6-7,10-11,13-14,19-20,24H,4-5,8-9,12,15-16H2. The van der Waals surface area contributed by atoms with Crippen LogP contribution < -0.4 is 0 Å². The molecule has 0 bridgehead atoms. The number of benzene rings is 1. The van der Waals surface area contributed by atoms with E-state index in [9.17, 15) is 5.11 Å². The van der Waals surface area contributed by atoms with Crippen molar-refractivity contribution in [3.63, 3.8) is 0 Å². The second-order valence-corrected chi connectivity index (χ2v) is 7.32. The first-order chi connectivity index (χ1) is 11.8.